The first-order chi connectivity index (χ1) is 7.33. The Labute approximate surface area is 87.3 Å². The van der Waals surface area contributed by atoms with E-state index in [9.17, 15) is 5.11 Å². The van der Waals surface area contributed by atoms with Crippen LogP contribution in [0.1, 0.15) is 5.56 Å². The van der Waals surface area contributed by atoms with Crippen LogP contribution in [-0.4, -0.2) is 10.1 Å². The fourth-order valence-corrected chi connectivity index (χ4v) is 1.40. The van der Waals surface area contributed by atoms with Crippen molar-refractivity contribution in [2.75, 3.05) is 0 Å². The van der Waals surface area contributed by atoms with Crippen LogP contribution in [0.3, 0.4) is 0 Å². The minimum Gasteiger partial charge on any atom is -0.506 e. The molecule has 0 amide bonds. The van der Waals surface area contributed by atoms with E-state index in [1.165, 1.54) is 0 Å². The maximum Gasteiger partial charge on any atom is 0.141 e. The summed E-state index contributed by atoms with van der Waals surface area (Å²) in [7, 11) is 0. The monoisotopic (exact) mass is 196 g/mol. The van der Waals surface area contributed by atoms with Gasteiger partial charge in [-0.05, 0) is 23.8 Å². The number of phenolic OH excluding ortho intramolecular Hbond substituents is 1. The second-order valence-corrected chi connectivity index (χ2v) is 3.05. The molecular formula is C12H8N2O. The van der Waals surface area contributed by atoms with Crippen LogP contribution in [0.25, 0.3) is 11.1 Å². The van der Waals surface area contributed by atoms with Gasteiger partial charge in [0.25, 0.3) is 0 Å². The summed E-state index contributed by atoms with van der Waals surface area (Å²) in [6.45, 7) is 0. The standard InChI is InChI=1S/C12H8N2O/c13-8-10-2-1-3-11(12(10)15)9-4-6-14-7-5-9/h1-7,15H. The SMILES string of the molecule is N#Cc1cccc(-c2ccncc2)c1O. The third kappa shape index (κ3) is 1.65. The quantitative estimate of drug-likeness (QED) is 0.761. The highest BCUT2D eigenvalue weighted by atomic mass is 16.3. The summed E-state index contributed by atoms with van der Waals surface area (Å²) in [5.41, 5.74) is 1.78. The van der Waals surface area contributed by atoms with E-state index in [1.807, 2.05) is 6.07 Å². The largest absolute Gasteiger partial charge is 0.506 e. The zero-order valence-electron chi connectivity index (χ0n) is 7.88. The van der Waals surface area contributed by atoms with Crippen LogP contribution in [0.4, 0.5) is 0 Å². The lowest BCUT2D eigenvalue weighted by molar-refractivity contribution is 0.475. The molecule has 72 valence electrons. The van der Waals surface area contributed by atoms with Gasteiger partial charge in [0.2, 0.25) is 0 Å². The summed E-state index contributed by atoms with van der Waals surface area (Å²) >= 11 is 0. The van der Waals surface area contributed by atoms with E-state index in [0.29, 0.717) is 5.56 Å². The van der Waals surface area contributed by atoms with Gasteiger partial charge in [0.05, 0.1) is 5.56 Å². The smallest absolute Gasteiger partial charge is 0.141 e. The van der Waals surface area contributed by atoms with Crippen LogP contribution >= 0.6 is 0 Å². The molecule has 0 radical (unpaired) electrons. The summed E-state index contributed by atoms with van der Waals surface area (Å²) < 4.78 is 0. The summed E-state index contributed by atoms with van der Waals surface area (Å²) in [4.78, 5) is 3.90. The molecular weight excluding hydrogens is 188 g/mol. The minimum absolute atomic E-state index is 0.0196. The number of nitrogens with zero attached hydrogens (tertiary/aromatic N) is 2. The van der Waals surface area contributed by atoms with Gasteiger partial charge in [0, 0.05) is 18.0 Å². The van der Waals surface area contributed by atoms with E-state index < -0.39 is 0 Å². The molecule has 0 atom stereocenters. The molecule has 3 nitrogen and oxygen atoms in total. The number of aromatic hydroxyl groups is 1. The van der Waals surface area contributed by atoms with Crippen LogP contribution in [0.15, 0.2) is 42.7 Å². The molecule has 0 aliphatic heterocycles. The molecule has 1 heterocycles. The molecule has 0 bridgehead atoms. The molecule has 0 unspecified atom stereocenters. The van der Waals surface area contributed by atoms with E-state index in [0.717, 1.165) is 5.56 Å². The molecule has 0 aliphatic rings. The lowest BCUT2D eigenvalue weighted by Crippen LogP contribution is -1.83. The Bertz CT molecular complexity index is 515. The number of rotatable bonds is 1. The highest BCUT2D eigenvalue weighted by molar-refractivity contribution is 5.72. The Kier molecular flexibility index (Phi) is 2.34. The van der Waals surface area contributed by atoms with Gasteiger partial charge in [-0.15, -0.1) is 0 Å². The molecule has 2 rings (SSSR count). The van der Waals surface area contributed by atoms with Gasteiger partial charge in [-0.1, -0.05) is 12.1 Å². The zero-order chi connectivity index (χ0) is 10.7. The molecule has 1 aromatic heterocycles. The highest BCUT2D eigenvalue weighted by Gasteiger charge is 2.07. The number of para-hydroxylation sites is 1. The number of hydrogen-bond acceptors (Lipinski definition) is 3. The van der Waals surface area contributed by atoms with Crippen molar-refractivity contribution in [2.45, 2.75) is 0 Å². The van der Waals surface area contributed by atoms with E-state index in [1.54, 1.807) is 42.7 Å². The fourth-order valence-electron chi connectivity index (χ4n) is 1.40. The Balaban J connectivity index is 2.61. The van der Waals surface area contributed by atoms with Crippen LogP contribution in [0.5, 0.6) is 5.75 Å². The van der Waals surface area contributed by atoms with Gasteiger partial charge in [-0.3, -0.25) is 4.98 Å². The number of pyridine rings is 1. The molecule has 0 saturated heterocycles. The molecule has 1 aromatic carbocycles. The first-order valence-corrected chi connectivity index (χ1v) is 4.45. The molecule has 15 heavy (non-hydrogen) atoms. The topological polar surface area (TPSA) is 56.9 Å². The molecule has 0 spiro atoms. The number of hydrogen-bond donors (Lipinski definition) is 1. The van der Waals surface area contributed by atoms with E-state index in [4.69, 9.17) is 5.26 Å². The van der Waals surface area contributed by atoms with Crippen LogP contribution in [0, 0.1) is 11.3 Å². The van der Waals surface area contributed by atoms with Crippen molar-refractivity contribution < 1.29 is 5.11 Å². The first-order valence-electron chi connectivity index (χ1n) is 4.45. The molecule has 1 N–H and O–H groups in total. The van der Waals surface area contributed by atoms with Crippen molar-refractivity contribution in [1.29, 1.82) is 5.26 Å². The van der Waals surface area contributed by atoms with Gasteiger partial charge in [0.15, 0.2) is 0 Å². The molecule has 2 aromatic rings. The molecule has 0 fully saturated rings. The Hall–Kier alpha value is -2.34. The van der Waals surface area contributed by atoms with Gasteiger partial charge in [-0.2, -0.15) is 5.26 Å². The summed E-state index contributed by atoms with van der Waals surface area (Å²) in [5, 5.41) is 18.6. The summed E-state index contributed by atoms with van der Waals surface area (Å²) in [6, 6.07) is 10.6. The van der Waals surface area contributed by atoms with Crippen molar-refractivity contribution in [3.05, 3.63) is 48.3 Å². The van der Waals surface area contributed by atoms with Crippen molar-refractivity contribution in [1.82, 2.24) is 4.98 Å². The van der Waals surface area contributed by atoms with E-state index >= 15 is 0 Å². The second kappa shape index (κ2) is 3.81. The maximum absolute atomic E-state index is 9.80. The lowest BCUT2D eigenvalue weighted by Gasteiger charge is -2.04. The van der Waals surface area contributed by atoms with Crippen molar-refractivity contribution in [3.63, 3.8) is 0 Å². The summed E-state index contributed by atoms with van der Waals surface area (Å²) in [5.74, 6) is 0.0196. The van der Waals surface area contributed by atoms with E-state index in [2.05, 4.69) is 4.98 Å². The summed E-state index contributed by atoms with van der Waals surface area (Å²) in [6.07, 6.45) is 3.29. The minimum atomic E-state index is 0.0196. The lowest BCUT2D eigenvalue weighted by atomic mass is 10.0. The van der Waals surface area contributed by atoms with E-state index in [-0.39, 0.29) is 11.3 Å². The van der Waals surface area contributed by atoms with Crippen molar-refractivity contribution in [3.8, 4) is 22.9 Å². The number of aromatic nitrogens is 1. The third-order valence-corrected chi connectivity index (χ3v) is 2.15. The van der Waals surface area contributed by atoms with Crippen LogP contribution in [-0.2, 0) is 0 Å². The number of phenols is 1. The van der Waals surface area contributed by atoms with Gasteiger partial charge in [-0.25, -0.2) is 0 Å². The second-order valence-electron chi connectivity index (χ2n) is 3.05. The molecule has 0 aliphatic carbocycles. The fraction of sp³-hybridized carbons (Fsp3) is 0. The number of benzene rings is 1. The predicted octanol–water partition coefficient (Wildman–Crippen LogP) is 2.33. The van der Waals surface area contributed by atoms with Crippen molar-refractivity contribution >= 4 is 0 Å². The van der Waals surface area contributed by atoms with Crippen molar-refractivity contribution in [2.24, 2.45) is 0 Å². The Morgan fingerprint density at radius 3 is 2.53 bits per heavy atom. The zero-order valence-corrected chi connectivity index (χ0v) is 7.88. The average Bonchev–Trinajstić information content (AvgIpc) is 2.30. The number of nitriles is 1. The maximum atomic E-state index is 9.80. The Morgan fingerprint density at radius 2 is 1.87 bits per heavy atom. The predicted molar refractivity (Wildman–Crippen MR) is 56.1 cm³/mol. The normalized spacial score (nSPS) is 9.53. The Morgan fingerprint density at radius 1 is 1.13 bits per heavy atom. The molecule has 0 saturated carbocycles. The molecule has 3 heteroatoms. The van der Waals surface area contributed by atoms with Crippen LogP contribution < -0.4 is 0 Å². The highest BCUT2D eigenvalue weighted by Crippen LogP contribution is 2.30. The average molecular weight is 196 g/mol. The van der Waals surface area contributed by atoms with Gasteiger partial charge >= 0.3 is 0 Å². The first kappa shape index (κ1) is 9.22. The van der Waals surface area contributed by atoms with Gasteiger partial charge in [0.1, 0.15) is 11.8 Å². The third-order valence-electron chi connectivity index (χ3n) is 2.15. The van der Waals surface area contributed by atoms with Gasteiger partial charge < -0.3 is 5.11 Å². The van der Waals surface area contributed by atoms with Crippen LogP contribution in [0.2, 0.25) is 0 Å².